The van der Waals surface area contributed by atoms with Crippen molar-refractivity contribution >= 4 is 44.7 Å². The molecule has 4 rings (SSSR count). The van der Waals surface area contributed by atoms with Crippen molar-refractivity contribution in [1.29, 1.82) is 0 Å². The van der Waals surface area contributed by atoms with Crippen LogP contribution in [-0.4, -0.2) is 71.0 Å². The maximum atomic E-state index is 13.4. The van der Waals surface area contributed by atoms with Crippen LogP contribution in [0.1, 0.15) is 25.7 Å². The first-order chi connectivity index (χ1) is 13.9. The van der Waals surface area contributed by atoms with Gasteiger partial charge in [0.25, 0.3) is 0 Å². The van der Waals surface area contributed by atoms with Crippen molar-refractivity contribution in [3.05, 3.63) is 18.2 Å². The van der Waals surface area contributed by atoms with E-state index in [1.54, 1.807) is 17.0 Å². The van der Waals surface area contributed by atoms with Crippen LogP contribution in [-0.2, 0) is 24.3 Å². The Bertz CT molecular complexity index is 1040. The van der Waals surface area contributed by atoms with E-state index in [4.69, 9.17) is 4.74 Å². The van der Waals surface area contributed by atoms with Gasteiger partial charge in [-0.1, -0.05) is 6.07 Å². The molecule has 0 saturated carbocycles. The lowest BCUT2D eigenvalue weighted by Gasteiger charge is -2.35. The number of rotatable bonds is 4. The first-order valence-corrected chi connectivity index (χ1v) is 11.7. The van der Waals surface area contributed by atoms with Crippen molar-refractivity contribution in [2.24, 2.45) is 5.92 Å². The first-order valence-electron chi connectivity index (χ1n) is 9.53. The Kier molecular flexibility index (Phi) is 5.54. The molecule has 2 aliphatic heterocycles. The third-order valence-electron chi connectivity index (χ3n) is 5.59. The summed E-state index contributed by atoms with van der Waals surface area (Å²) in [6, 6.07) is 4.09. The van der Waals surface area contributed by atoms with Crippen molar-refractivity contribution in [3.63, 3.8) is 0 Å². The van der Waals surface area contributed by atoms with E-state index in [9.17, 15) is 18.0 Å². The maximum absolute atomic E-state index is 13.4. The normalized spacial score (nSPS) is 23.4. The summed E-state index contributed by atoms with van der Waals surface area (Å²) in [5.74, 6) is -0.941. The lowest BCUT2D eigenvalue weighted by atomic mass is 9.97. The zero-order chi connectivity index (χ0) is 20.6. The predicted molar refractivity (Wildman–Crippen MR) is 106 cm³/mol. The minimum Gasteiger partial charge on any atom is -0.469 e. The number of nitrogens with zero attached hydrogens (tertiary/aromatic N) is 4. The van der Waals surface area contributed by atoms with Crippen molar-refractivity contribution < 1.29 is 22.7 Å². The lowest BCUT2D eigenvalue weighted by Crippen LogP contribution is -2.51. The number of esters is 1. The number of sulfonamides is 1. The van der Waals surface area contributed by atoms with Crippen molar-refractivity contribution in [2.75, 3.05) is 26.7 Å². The number of ether oxygens (including phenoxy) is 1. The lowest BCUT2D eigenvalue weighted by molar-refractivity contribution is -0.149. The number of methoxy groups -OCH3 is 1. The fourth-order valence-corrected chi connectivity index (χ4v) is 6.54. The molecule has 3 heterocycles. The topological polar surface area (TPSA) is 110 Å². The number of amides is 1. The number of aromatic nitrogens is 2. The van der Waals surface area contributed by atoms with Crippen molar-refractivity contribution in [1.82, 2.24) is 18.0 Å². The standard InChI is InChI=1S/C18H22N4O5S2/c1-27-18(24)12-5-3-9-21(11-12)17(23)14-7-4-10-22(14)29(25,26)15-8-2-6-13-16(15)20-28-19-13/h2,6,8,12,14H,3-5,7,9-11H2,1H3/t12-,14-/m0/s1. The molecule has 0 bridgehead atoms. The summed E-state index contributed by atoms with van der Waals surface area (Å²) < 4.78 is 41.1. The van der Waals surface area contributed by atoms with Crippen LogP contribution >= 0.6 is 11.7 Å². The fraction of sp³-hybridized carbons (Fsp3) is 0.556. The summed E-state index contributed by atoms with van der Waals surface area (Å²) >= 11 is 0.959. The Balaban J connectivity index is 1.59. The SMILES string of the molecule is COC(=O)[C@H]1CCCN(C(=O)[C@@H]2CCCN2S(=O)(=O)c2cccc3nsnc23)C1. The summed E-state index contributed by atoms with van der Waals surface area (Å²) in [6.45, 7) is 1.06. The molecule has 0 radical (unpaired) electrons. The largest absolute Gasteiger partial charge is 0.469 e. The van der Waals surface area contributed by atoms with E-state index in [1.165, 1.54) is 17.5 Å². The second-order valence-electron chi connectivity index (χ2n) is 7.31. The Morgan fingerprint density at radius 3 is 2.76 bits per heavy atom. The second kappa shape index (κ2) is 7.96. The van der Waals surface area contributed by atoms with Gasteiger partial charge in [-0.3, -0.25) is 9.59 Å². The van der Waals surface area contributed by atoms with E-state index >= 15 is 0 Å². The van der Waals surface area contributed by atoms with Gasteiger partial charge in [0.2, 0.25) is 15.9 Å². The molecule has 0 N–H and O–H groups in total. The van der Waals surface area contributed by atoms with Crippen LogP contribution in [0.3, 0.4) is 0 Å². The number of hydrogen-bond donors (Lipinski definition) is 0. The molecule has 29 heavy (non-hydrogen) atoms. The van der Waals surface area contributed by atoms with Gasteiger partial charge in [0.15, 0.2) is 0 Å². The first kappa shape index (κ1) is 20.2. The third-order valence-corrected chi connectivity index (χ3v) is 8.07. The maximum Gasteiger partial charge on any atom is 0.310 e. The van der Waals surface area contributed by atoms with Gasteiger partial charge in [-0.25, -0.2) is 8.42 Å². The Labute approximate surface area is 173 Å². The van der Waals surface area contributed by atoms with Gasteiger partial charge in [-0.2, -0.15) is 13.1 Å². The highest BCUT2D eigenvalue weighted by atomic mass is 32.2. The van der Waals surface area contributed by atoms with Gasteiger partial charge >= 0.3 is 5.97 Å². The molecule has 2 aliphatic rings. The third kappa shape index (κ3) is 3.62. The fourth-order valence-electron chi connectivity index (χ4n) is 4.14. The highest BCUT2D eigenvalue weighted by Crippen LogP contribution is 2.31. The van der Waals surface area contributed by atoms with Gasteiger partial charge < -0.3 is 9.64 Å². The highest BCUT2D eigenvalue weighted by molar-refractivity contribution is 7.89. The predicted octanol–water partition coefficient (Wildman–Crippen LogP) is 1.26. The number of benzene rings is 1. The number of likely N-dealkylation sites (tertiary alicyclic amines) is 1. The minimum absolute atomic E-state index is 0.0783. The Morgan fingerprint density at radius 2 is 1.97 bits per heavy atom. The summed E-state index contributed by atoms with van der Waals surface area (Å²) in [5, 5.41) is 0. The molecule has 0 aliphatic carbocycles. The van der Waals surface area contributed by atoms with E-state index in [0.717, 1.165) is 11.7 Å². The van der Waals surface area contributed by atoms with Crippen LogP contribution in [0.4, 0.5) is 0 Å². The van der Waals surface area contributed by atoms with Crippen LogP contribution in [0, 0.1) is 5.92 Å². The summed E-state index contributed by atoms with van der Waals surface area (Å²) in [6.07, 6.45) is 2.43. The summed E-state index contributed by atoms with van der Waals surface area (Å²) in [4.78, 5) is 26.8. The molecule has 156 valence electrons. The smallest absolute Gasteiger partial charge is 0.310 e. The van der Waals surface area contributed by atoms with E-state index in [1.807, 2.05) is 0 Å². The molecule has 2 saturated heterocycles. The van der Waals surface area contributed by atoms with E-state index in [-0.39, 0.29) is 35.8 Å². The average molecular weight is 439 g/mol. The van der Waals surface area contributed by atoms with E-state index < -0.39 is 16.1 Å². The zero-order valence-corrected chi connectivity index (χ0v) is 17.6. The number of piperidine rings is 1. The minimum atomic E-state index is -3.90. The van der Waals surface area contributed by atoms with E-state index in [0.29, 0.717) is 43.3 Å². The molecule has 11 heteroatoms. The molecule has 2 fully saturated rings. The van der Waals surface area contributed by atoms with Gasteiger partial charge in [-0.15, -0.1) is 0 Å². The van der Waals surface area contributed by atoms with Gasteiger partial charge in [0, 0.05) is 19.6 Å². The Morgan fingerprint density at radius 1 is 1.17 bits per heavy atom. The molecule has 2 aromatic rings. The number of carbonyl (C=O) groups excluding carboxylic acids is 2. The average Bonchev–Trinajstić information content (AvgIpc) is 3.42. The van der Waals surface area contributed by atoms with Crippen LogP contribution in [0.5, 0.6) is 0 Å². The Hall–Kier alpha value is -2.11. The molecule has 1 aromatic heterocycles. The van der Waals surface area contributed by atoms with Crippen LogP contribution < -0.4 is 0 Å². The van der Waals surface area contributed by atoms with Gasteiger partial charge in [-0.05, 0) is 37.8 Å². The molecule has 1 amide bonds. The molecule has 1 aromatic carbocycles. The van der Waals surface area contributed by atoms with Gasteiger partial charge in [0.05, 0.1) is 24.8 Å². The highest BCUT2D eigenvalue weighted by Gasteiger charge is 2.43. The summed E-state index contributed by atoms with van der Waals surface area (Å²) in [5.41, 5.74) is 0.856. The van der Waals surface area contributed by atoms with Crippen molar-refractivity contribution in [2.45, 2.75) is 36.6 Å². The van der Waals surface area contributed by atoms with Crippen LogP contribution in [0.15, 0.2) is 23.1 Å². The number of carbonyl (C=O) groups is 2. The second-order valence-corrected chi connectivity index (χ2v) is 9.70. The molecule has 9 nitrogen and oxygen atoms in total. The van der Waals surface area contributed by atoms with Crippen molar-refractivity contribution in [3.8, 4) is 0 Å². The van der Waals surface area contributed by atoms with Crippen LogP contribution in [0.2, 0.25) is 0 Å². The molecular weight excluding hydrogens is 416 g/mol. The monoisotopic (exact) mass is 438 g/mol. The number of fused-ring (bicyclic) bond motifs is 1. The molecule has 0 unspecified atom stereocenters. The quantitative estimate of drug-likeness (QED) is 0.661. The zero-order valence-electron chi connectivity index (χ0n) is 16.0. The molecular formula is C18H22N4O5S2. The van der Waals surface area contributed by atoms with E-state index in [2.05, 4.69) is 8.75 Å². The molecule has 0 spiro atoms. The summed E-state index contributed by atoms with van der Waals surface area (Å²) in [7, 11) is -2.57. The molecule has 2 atom stereocenters. The van der Waals surface area contributed by atoms with Crippen LogP contribution in [0.25, 0.3) is 11.0 Å². The number of hydrogen-bond acceptors (Lipinski definition) is 8. The van der Waals surface area contributed by atoms with Gasteiger partial charge in [0.1, 0.15) is 22.0 Å².